The molecule has 0 aromatic heterocycles. The summed E-state index contributed by atoms with van der Waals surface area (Å²) in [4.78, 5) is 0. The average molecular weight is 159 g/mol. The predicted octanol–water partition coefficient (Wildman–Crippen LogP) is 2.39. The molecule has 0 bridgehead atoms. The van der Waals surface area contributed by atoms with E-state index in [4.69, 9.17) is 4.74 Å². The first-order chi connectivity index (χ1) is 5.41. The summed E-state index contributed by atoms with van der Waals surface area (Å²) in [6.07, 6.45) is 4.52. The summed E-state index contributed by atoms with van der Waals surface area (Å²) in [5, 5.41) is 0. The highest BCUT2D eigenvalue weighted by atomic mass is 16.5. The van der Waals surface area contributed by atoms with Gasteiger partial charge in [0.2, 0.25) is 0 Å². The summed E-state index contributed by atoms with van der Waals surface area (Å²) in [5.41, 5.74) is 0. The van der Waals surface area contributed by atoms with Crippen molar-refractivity contribution in [1.29, 1.82) is 0 Å². The van der Waals surface area contributed by atoms with Crippen molar-refractivity contribution in [3.8, 4) is 0 Å². The number of hydrogen-bond acceptors (Lipinski definition) is 2. The molecule has 67 valence electrons. The minimum Gasteiger partial charge on any atom is -0.381 e. The van der Waals surface area contributed by atoms with E-state index in [9.17, 15) is 0 Å². The number of rotatable bonds is 8. The van der Waals surface area contributed by atoms with Gasteiger partial charge in [0.1, 0.15) is 0 Å². The molecule has 1 radical (unpaired) electrons. The van der Waals surface area contributed by atoms with Crippen LogP contribution in [0, 0.1) is 7.11 Å². The lowest BCUT2D eigenvalue weighted by atomic mass is 10.3. The lowest BCUT2D eigenvalue weighted by Gasteiger charge is -2.01. The van der Waals surface area contributed by atoms with E-state index in [0.717, 1.165) is 32.7 Å². The van der Waals surface area contributed by atoms with Gasteiger partial charge in [0.25, 0.3) is 0 Å². The standard InChI is InChI=1S/C9H19O2/c1-3-4-8-11-9-6-5-7-10-2/h2-9H2,1H3. The van der Waals surface area contributed by atoms with E-state index >= 15 is 0 Å². The van der Waals surface area contributed by atoms with Crippen LogP contribution in [0.15, 0.2) is 0 Å². The zero-order valence-corrected chi connectivity index (χ0v) is 7.47. The fourth-order valence-corrected chi connectivity index (χ4v) is 0.757. The van der Waals surface area contributed by atoms with Gasteiger partial charge in [0, 0.05) is 19.8 Å². The van der Waals surface area contributed by atoms with E-state index in [1.165, 1.54) is 12.8 Å². The first-order valence-corrected chi connectivity index (χ1v) is 4.36. The van der Waals surface area contributed by atoms with Gasteiger partial charge in [-0.05, 0) is 19.3 Å². The number of hydrogen-bond donors (Lipinski definition) is 0. The molecule has 0 aliphatic heterocycles. The van der Waals surface area contributed by atoms with E-state index in [2.05, 4.69) is 18.8 Å². The molecule has 0 unspecified atom stereocenters. The largest absolute Gasteiger partial charge is 0.381 e. The van der Waals surface area contributed by atoms with Crippen molar-refractivity contribution in [2.45, 2.75) is 32.6 Å². The Balaban J connectivity index is 2.69. The highest BCUT2D eigenvalue weighted by Crippen LogP contribution is 1.93. The molecule has 0 saturated heterocycles. The minimum atomic E-state index is 0.747. The topological polar surface area (TPSA) is 18.5 Å². The zero-order chi connectivity index (χ0) is 8.36. The van der Waals surface area contributed by atoms with Crippen LogP contribution in [0.25, 0.3) is 0 Å². The second-order valence-corrected chi connectivity index (χ2v) is 2.58. The van der Waals surface area contributed by atoms with Crippen LogP contribution in [-0.4, -0.2) is 19.8 Å². The molecule has 2 nitrogen and oxygen atoms in total. The summed E-state index contributed by atoms with van der Waals surface area (Å²) in [6.45, 7) is 4.68. The molecule has 0 atom stereocenters. The maximum absolute atomic E-state index is 5.34. The third-order valence-corrected chi connectivity index (χ3v) is 1.47. The molecule has 0 fully saturated rings. The van der Waals surface area contributed by atoms with Gasteiger partial charge in [-0.25, -0.2) is 0 Å². The normalized spacial score (nSPS) is 10.4. The van der Waals surface area contributed by atoms with Gasteiger partial charge in [-0.3, -0.25) is 0 Å². The number of ether oxygens (including phenoxy) is 2. The van der Waals surface area contributed by atoms with Gasteiger partial charge in [-0.15, -0.1) is 0 Å². The monoisotopic (exact) mass is 159 g/mol. The molecule has 0 aromatic rings. The second-order valence-electron chi connectivity index (χ2n) is 2.58. The van der Waals surface area contributed by atoms with Crippen molar-refractivity contribution in [1.82, 2.24) is 0 Å². The van der Waals surface area contributed by atoms with Crippen LogP contribution < -0.4 is 0 Å². The molecule has 0 rings (SSSR count). The van der Waals surface area contributed by atoms with Crippen molar-refractivity contribution in [3.63, 3.8) is 0 Å². The molecular formula is C9H19O2. The van der Waals surface area contributed by atoms with Crippen LogP contribution in [0.2, 0.25) is 0 Å². The Labute approximate surface area is 69.9 Å². The third kappa shape index (κ3) is 9.92. The summed E-state index contributed by atoms with van der Waals surface area (Å²) in [6, 6.07) is 0. The summed E-state index contributed by atoms with van der Waals surface area (Å²) in [7, 11) is 3.29. The molecule has 0 aliphatic rings. The molecule has 0 spiro atoms. The Morgan fingerprint density at radius 1 is 1.00 bits per heavy atom. The van der Waals surface area contributed by atoms with Gasteiger partial charge < -0.3 is 9.47 Å². The van der Waals surface area contributed by atoms with Gasteiger partial charge in [-0.1, -0.05) is 13.3 Å². The van der Waals surface area contributed by atoms with Gasteiger partial charge in [0.15, 0.2) is 0 Å². The van der Waals surface area contributed by atoms with Crippen molar-refractivity contribution < 1.29 is 9.47 Å². The van der Waals surface area contributed by atoms with Gasteiger partial charge >= 0.3 is 0 Å². The highest BCUT2D eigenvalue weighted by Gasteiger charge is 1.88. The van der Waals surface area contributed by atoms with Crippen LogP contribution in [0.3, 0.4) is 0 Å². The molecule has 0 saturated carbocycles. The Hall–Kier alpha value is -0.0800. The zero-order valence-electron chi connectivity index (χ0n) is 7.47. The molecule has 0 aromatic carbocycles. The first-order valence-electron chi connectivity index (χ1n) is 4.36. The van der Waals surface area contributed by atoms with E-state index in [0.29, 0.717) is 0 Å². The molecule has 0 aliphatic carbocycles. The quantitative estimate of drug-likeness (QED) is 0.506. The molecule has 0 heterocycles. The van der Waals surface area contributed by atoms with E-state index in [-0.39, 0.29) is 0 Å². The Morgan fingerprint density at radius 3 is 2.27 bits per heavy atom. The van der Waals surface area contributed by atoms with Gasteiger partial charge in [-0.2, -0.15) is 0 Å². The maximum atomic E-state index is 5.34. The van der Waals surface area contributed by atoms with Crippen LogP contribution >= 0.6 is 0 Å². The van der Waals surface area contributed by atoms with E-state index in [1.54, 1.807) is 0 Å². The van der Waals surface area contributed by atoms with Crippen molar-refractivity contribution in [2.75, 3.05) is 19.8 Å². The van der Waals surface area contributed by atoms with E-state index in [1.807, 2.05) is 0 Å². The Bertz CT molecular complexity index is 56.6. The summed E-state index contributed by atoms with van der Waals surface area (Å²) in [5.74, 6) is 0. The van der Waals surface area contributed by atoms with Gasteiger partial charge in [0.05, 0.1) is 7.11 Å². The molecule has 0 amide bonds. The molecular weight excluding hydrogens is 140 g/mol. The average Bonchev–Trinajstić information content (AvgIpc) is 2.03. The first kappa shape index (κ1) is 10.9. The smallest absolute Gasteiger partial charge is 0.0700 e. The summed E-state index contributed by atoms with van der Waals surface area (Å²) < 4.78 is 10.0. The van der Waals surface area contributed by atoms with Crippen LogP contribution in [-0.2, 0) is 9.47 Å². The molecule has 0 N–H and O–H groups in total. The predicted molar refractivity (Wildman–Crippen MR) is 46.3 cm³/mol. The SMILES string of the molecule is [CH2]OCCCCOCCCC. The van der Waals surface area contributed by atoms with Crippen LogP contribution in [0.4, 0.5) is 0 Å². The fraction of sp³-hybridized carbons (Fsp3) is 0.889. The lowest BCUT2D eigenvalue weighted by molar-refractivity contribution is 0.120. The van der Waals surface area contributed by atoms with Crippen molar-refractivity contribution >= 4 is 0 Å². The van der Waals surface area contributed by atoms with E-state index < -0.39 is 0 Å². The highest BCUT2D eigenvalue weighted by molar-refractivity contribution is 4.38. The lowest BCUT2D eigenvalue weighted by Crippen LogP contribution is -1.98. The van der Waals surface area contributed by atoms with Crippen molar-refractivity contribution in [2.24, 2.45) is 0 Å². The Morgan fingerprint density at radius 2 is 1.64 bits per heavy atom. The fourth-order valence-electron chi connectivity index (χ4n) is 0.757. The summed E-state index contributed by atoms with van der Waals surface area (Å²) >= 11 is 0. The van der Waals surface area contributed by atoms with Crippen LogP contribution in [0.1, 0.15) is 32.6 Å². The molecule has 11 heavy (non-hydrogen) atoms. The second kappa shape index (κ2) is 9.92. The maximum Gasteiger partial charge on any atom is 0.0700 e. The minimum absolute atomic E-state index is 0.747. The third-order valence-electron chi connectivity index (χ3n) is 1.47. The number of unbranched alkanes of at least 4 members (excludes halogenated alkanes) is 2. The van der Waals surface area contributed by atoms with Crippen LogP contribution in [0.5, 0.6) is 0 Å². The van der Waals surface area contributed by atoms with Crippen molar-refractivity contribution in [3.05, 3.63) is 7.11 Å². The Kier molecular flexibility index (Phi) is 9.85. The molecule has 2 heteroatoms.